The molecule has 0 radical (unpaired) electrons. The maximum absolute atomic E-state index is 6.71. The highest BCUT2D eigenvalue weighted by atomic mass is 28.4. The summed E-state index contributed by atoms with van der Waals surface area (Å²) < 4.78 is 6.71. The Morgan fingerprint density at radius 3 is 1.27 bits per heavy atom. The van der Waals surface area contributed by atoms with Crippen molar-refractivity contribution in [1.82, 2.24) is 0 Å². The van der Waals surface area contributed by atoms with Gasteiger partial charge in [0.1, 0.15) is 0 Å². The zero-order valence-electron chi connectivity index (χ0n) is 10.8. The van der Waals surface area contributed by atoms with Gasteiger partial charge in [0.15, 0.2) is 16.6 Å². The van der Waals surface area contributed by atoms with Gasteiger partial charge < -0.3 is 4.12 Å². The van der Waals surface area contributed by atoms with Crippen LogP contribution in [0.25, 0.3) is 0 Å². The summed E-state index contributed by atoms with van der Waals surface area (Å²) in [7, 11) is -2.68. The maximum Gasteiger partial charge on any atom is 0.176 e. The van der Waals surface area contributed by atoms with Gasteiger partial charge in [0, 0.05) is 0 Å². The molecular weight excluding hydrogens is 216 g/mol. The predicted octanol–water partition coefficient (Wildman–Crippen LogP) is 4.52. The summed E-state index contributed by atoms with van der Waals surface area (Å²) in [5.41, 5.74) is 1.95. The molecule has 0 saturated heterocycles. The van der Waals surface area contributed by atoms with Crippen molar-refractivity contribution < 1.29 is 4.12 Å². The fourth-order valence-corrected chi connectivity index (χ4v) is 13.4. The van der Waals surface area contributed by atoms with Crippen LogP contribution in [0.4, 0.5) is 0 Å². The van der Waals surface area contributed by atoms with E-state index in [0.717, 1.165) is 11.1 Å². The van der Waals surface area contributed by atoms with Crippen molar-refractivity contribution in [3.05, 3.63) is 0 Å². The second kappa shape index (κ2) is 4.00. The van der Waals surface area contributed by atoms with Crippen molar-refractivity contribution in [3.8, 4) is 0 Å². The van der Waals surface area contributed by atoms with Gasteiger partial charge in [-0.3, -0.25) is 0 Å². The summed E-state index contributed by atoms with van der Waals surface area (Å²) >= 11 is 0. The summed E-state index contributed by atoms with van der Waals surface area (Å²) in [5, 5.41) is 0. The minimum atomic E-state index is -1.34. The van der Waals surface area contributed by atoms with E-state index in [2.05, 4.69) is 26.2 Å². The molecular formula is C12H26OSi2. The highest BCUT2D eigenvalue weighted by molar-refractivity contribution is 6.86. The van der Waals surface area contributed by atoms with Crippen LogP contribution < -0.4 is 0 Å². The molecule has 2 fully saturated rings. The van der Waals surface area contributed by atoms with Crippen LogP contribution in [0.15, 0.2) is 0 Å². The third-order valence-electron chi connectivity index (χ3n) is 4.70. The fourth-order valence-electron chi connectivity index (χ4n) is 3.05. The Hall–Kier alpha value is 0.394. The van der Waals surface area contributed by atoms with Crippen molar-refractivity contribution in [2.75, 3.05) is 0 Å². The standard InChI is InChI=1S/C12H26OSi2/c1-14(2,11-7-5-8-11)13-15(3,4)12-9-6-10-12/h11-12H,5-10H2,1-4H3. The van der Waals surface area contributed by atoms with Gasteiger partial charge in [0.25, 0.3) is 0 Å². The van der Waals surface area contributed by atoms with Crippen LogP contribution in [0, 0.1) is 0 Å². The molecule has 0 spiro atoms. The van der Waals surface area contributed by atoms with E-state index in [1.165, 1.54) is 38.5 Å². The fraction of sp³-hybridized carbons (Fsp3) is 1.00. The normalized spacial score (nSPS) is 24.8. The third kappa shape index (κ3) is 2.39. The third-order valence-corrected chi connectivity index (χ3v) is 14.0. The Morgan fingerprint density at radius 1 is 0.733 bits per heavy atom. The summed E-state index contributed by atoms with van der Waals surface area (Å²) in [6.07, 6.45) is 8.72. The zero-order chi connectivity index (χ0) is 11.1. The van der Waals surface area contributed by atoms with Crippen LogP contribution in [0.1, 0.15) is 38.5 Å². The lowest BCUT2D eigenvalue weighted by atomic mass is 10.00. The van der Waals surface area contributed by atoms with Crippen molar-refractivity contribution >= 4 is 16.6 Å². The van der Waals surface area contributed by atoms with E-state index < -0.39 is 16.6 Å². The molecule has 0 heterocycles. The lowest BCUT2D eigenvalue weighted by molar-refractivity contribution is 0.386. The highest BCUT2D eigenvalue weighted by Gasteiger charge is 2.45. The van der Waals surface area contributed by atoms with Gasteiger partial charge >= 0.3 is 0 Å². The summed E-state index contributed by atoms with van der Waals surface area (Å²) in [4.78, 5) is 0. The summed E-state index contributed by atoms with van der Waals surface area (Å²) in [5.74, 6) is 0. The first kappa shape index (κ1) is 11.9. The Morgan fingerprint density at radius 2 is 1.07 bits per heavy atom. The predicted molar refractivity (Wildman–Crippen MR) is 71.3 cm³/mol. The quantitative estimate of drug-likeness (QED) is 0.659. The van der Waals surface area contributed by atoms with E-state index in [4.69, 9.17) is 4.12 Å². The first-order valence-corrected chi connectivity index (χ1v) is 12.6. The Bertz CT molecular complexity index is 206. The molecule has 0 aromatic rings. The van der Waals surface area contributed by atoms with Gasteiger partial charge in [0.05, 0.1) is 0 Å². The molecule has 2 rings (SSSR count). The van der Waals surface area contributed by atoms with Crippen LogP contribution >= 0.6 is 0 Å². The van der Waals surface area contributed by atoms with Crippen molar-refractivity contribution in [2.45, 2.75) is 75.8 Å². The second-order valence-electron chi connectivity index (χ2n) is 6.56. The van der Waals surface area contributed by atoms with Gasteiger partial charge in [-0.05, 0) is 37.3 Å². The minimum Gasteiger partial charge on any atom is -0.455 e. The Balaban J connectivity index is 1.93. The molecule has 3 heteroatoms. The van der Waals surface area contributed by atoms with Crippen LogP contribution in [0.2, 0.25) is 37.3 Å². The molecule has 0 N–H and O–H groups in total. The largest absolute Gasteiger partial charge is 0.455 e. The molecule has 0 bridgehead atoms. The molecule has 0 atom stereocenters. The van der Waals surface area contributed by atoms with Crippen LogP contribution in [-0.2, 0) is 4.12 Å². The average Bonchev–Trinajstić information content (AvgIpc) is 1.68. The van der Waals surface area contributed by atoms with Gasteiger partial charge in [-0.2, -0.15) is 0 Å². The Labute approximate surface area is 96.9 Å². The van der Waals surface area contributed by atoms with E-state index in [0.29, 0.717) is 0 Å². The van der Waals surface area contributed by atoms with E-state index in [9.17, 15) is 0 Å². The SMILES string of the molecule is C[Si](C)(O[Si](C)(C)C1CCC1)C1CCC1. The minimum absolute atomic E-state index is 0.976. The highest BCUT2D eigenvalue weighted by Crippen LogP contribution is 2.47. The van der Waals surface area contributed by atoms with Crippen LogP contribution in [0.3, 0.4) is 0 Å². The molecule has 2 aliphatic rings. The summed E-state index contributed by atoms with van der Waals surface area (Å²) in [6.45, 7) is 9.85. The van der Waals surface area contributed by atoms with Gasteiger partial charge in [0.2, 0.25) is 0 Å². The van der Waals surface area contributed by atoms with Crippen molar-refractivity contribution in [3.63, 3.8) is 0 Å². The first-order valence-electron chi connectivity index (χ1n) is 6.62. The van der Waals surface area contributed by atoms with Gasteiger partial charge in [-0.15, -0.1) is 0 Å². The molecule has 2 saturated carbocycles. The molecule has 0 amide bonds. The van der Waals surface area contributed by atoms with Crippen LogP contribution in [0.5, 0.6) is 0 Å². The van der Waals surface area contributed by atoms with E-state index >= 15 is 0 Å². The average molecular weight is 243 g/mol. The van der Waals surface area contributed by atoms with Gasteiger partial charge in [-0.1, -0.05) is 38.5 Å². The van der Waals surface area contributed by atoms with Crippen molar-refractivity contribution in [1.29, 1.82) is 0 Å². The second-order valence-corrected chi connectivity index (χ2v) is 15.4. The maximum atomic E-state index is 6.71. The Kier molecular flexibility index (Phi) is 3.17. The molecule has 0 aromatic carbocycles. The molecule has 15 heavy (non-hydrogen) atoms. The lowest BCUT2D eigenvalue weighted by Crippen LogP contribution is -2.52. The van der Waals surface area contributed by atoms with Crippen LogP contribution in [-0.4, -0.2) is 16.6 Å². The first-order chi connectivity index (χ1) is 6.92. The molecule has 2 aliphatic carbocycles. The number of hydrogen-bond acceptors (Lipinski definition) is 1. The monoisotopic (exact) mass is 242 g/mol. The molecule has 0 unspecified atom stereocenters. The smallest absolute Gasteiger partial charge is 0.176 e. The van der Waals surface area contributed by atoms with Gasteiger partial charge in [-0.25, -0.2) is 0 Å². The van der Waals surface area contributed by atoms with E-state index in [1.54, 1.807) is 0 Å². The molecule has 88 valence electrons. The molecule has 0 aromatic heterocycles. The molecule has 1 nitrogen and oxygen atoms in total. The lowest BCUT2D eigenvalue weighted by Gasteiger charge is -2.47. The number of hydrogen-bond donors (Lipinski definition) is 0. The molecule has 0 aliphatic heterocycles. The van der Waals surface area contributed by atoms with Crippen molar-refractivity contribution in [2.24, 2.45) is 0 Å². The van der Waals surface area contributed by atoms with E-state index in [1.807, 2.05) is 0 Å². The number of rotatable bonds is 4. The van der Waals surface area contributed by atoms with E-state index in [-0.39, 0.29) is 0 Å². The summed E-state index contributed by atoms with van der Waals surface area (Å²) in [6, 6.07) is 0. The zero-order valence-corrected chi connectivity index (χ0v) is 12.8. The topological polar surface area (TPSA) is 9.23 Å².